The van der Waals surface area contributed by atoms with Gasteiger partial charge in [0, 0.05) is 0 Å². The van der Waals surface area contributed by atoms with E-state index in [2.05, 4.69) is 4.74 Å². The second-order valence-corrected chi connectivity index (χ2v) is 3.20. The number of aliphatic carboxylic acids is 1. The van der Waals surface area contributed by atoms with Gasteiger partial charge < -0.3 is 14.9 Å². The van der Waals surface area contributed by atoms with Crippen LogP contribution in [0, 0.1) is 11.8 Å². The number of carboxylic acids is 1. The molecule has 1 aliphatic carbocycles. The molecule has 2 N–H and O–H groups in total. The van der Waals surface area contributed by atoms with E-state index in [9.17, 15) is 14.7 Å². The zero-order valence-corrected chi connectivity index (χ0v) is 7.27. The monoisotopic (exact) mass is 188 g/mol. The second-order valence-electron chi connectivity index (χ2n) is 3.20. The molecule has 5 heteroatoms. The van der Waals surface area contributed by atoms with Crippen LogP contribution in [0.5, 0.6) is 0 Å². The first-order chi connectivity index (χ1) is 6.06. The molecule has 1 aliphatic rings. The standard InChI is InChI=1S/C8H12O5/c1-13-8(12)6-3-4(9)2-5(6)7(10)11/h4-6,9H,2-3H2,1H3,(H,10,11)/t4-,5-,6-/m1/s1. The van der Waals surface area contributed by atoms with Crippen LogP contribution in [0.3, 0.4) is 0 Å². The van der Waals surface area contributed by atoms with Crippen molar-refractivity contribution >= 4 is 11.9 Å². The van der Waals surface area contributed by atoms with Crippen LogP contribution in [0.15, 0.2) is 0 Å². The zero-order valence-electron chi connectivity index (χ0n) is 7.27. The van der Waals surface area contributed by atoms with Crippen molar-refractivity contribution in [2.75, 3.05) is 7.11 Å². The number of rotatable bonds is 2. The number of carbonyl (C=O) groups excluding carboxylic acids is 1. The van der Waals surface area contributed by atoms with Crippen molar-refractivity contribution in [3.05, 3.63) is 0 Å². The number of aliphatic hydroxyl groups excluding tert-OH is 1. The molecular formula is C8H12O5. The van der Waals surface area contributed by atoms with Gasteiger partial charge in [0.1, 0.15) is 0 Å². The molecule has 0 spiro atoms. The van der Waals surface area contributed by atoms with Crippen LogP contribution in [-0.2, 0) is 14.3 Å². The number of carbonyl (C=O) groups is 2. The third-order valence-corrected chi connectivity index (χ3v) is 2.36. The molecule has 0 aromatic carbocycles. The molecule has 0 saturated heterocycles. The molecule has 0 heterocycles. The quantitative estimate of drug-likeness (QED) is 0.578. The van der Waals surface area contributed by atoms with E-state index < -0.39 is 29.9 Å². The van der Waals surface area contributed by atoms with Crippen LogP contribution in [0.1, 0.15) is 12.8 Å². The zero-order chi connectivity index (χ0) is 10.0. The van der Waals surface area contributed by atoms with Gasteiger partial charge in [-0.3, -0.25) is 9.59 Å². The summed E-state index contributed by atoms with van der Waals surface area (Å²) in [7, 11) is 1.21. The van der Waals surface area contributed by atoms with Crippen LogP contribution in [-0.4, -0.2) is 35.4 Å². The Morgan fingerprint density at radius 3 is 2.31 bits per heavy atom. The first-order valence-corrected chi connectivity index (χ1v) is 4.05. The van der Waals surface area contributed by atoms with E-state index >= 15 is 0 Å². The Morgan fingerprint density at radius 1 is 1.31 bits per heavy atom. The Balaban J connectivity index is 2.71. The maximum atomic E-state index is 11.1. The summed E-state index contributed by atoms with van der Waals surface area (Å²) in [5.41, 5.74) is 0. The summed E-state index contributed by atoms with van der Waals surface area (Å²) in [5, 5.41) is 17.9. The minimum absolute atomic E-state index is 0.134. The molecule has 5 nitrogen and oxygen atoms in total. The van der Waals surface area contributed by atoms with Gasteiger partial charge in [-0.1, -0.05) is 0 Å². The van der Waals surface area contributed by atoms with Crippen LogP contribution in [0.25, 0.3) is 0 Å². The number of esters is 1. The van der Waals surface area contributed by atoms with Gasteiger partial charge in [0.2, 0.25) is 0 Å². The summed E-state index contributed by atoms with van der Waals surface area (Å²) in [6.45, 7) is 0. The number of aliphatic hydroxyl groups is 1. The lowest BCUT2D eigenvalue weighted by molar-refractivity contribution is -0.154. The largest absolute Gasteiger partial charge is 0.481 e. The van der Waals surface area contributed by atoms with Crippen molar-refractivity contribution < 1.29 is 24.5 Å². The molecule has 3 atom stereocenters. The van der Waals surface area contributed by atoms with Gasteiger partial charge in [0.15, 0.2) is 0 Å². The SMILES string of the molecule is COC(=O)[C@@H]1C[C@H](O)C[C@H]1C(=O)O. The van der Waals surface area contributed by atoms with Crippen molar-refractivity contribution in [2.45, 2.75) is 18.9 Å². The van der Waals surface area contributed by atoms with Crippen LogP contribution in [0.4, 0.5) is 0 Å². The smallest absolute Gasteiger partial charge is 0.309 e. The topological polar surface area (TPSA) is 83.8 Å². The number of methoxy groups -OCH3 is 1. The Labute approximate surface area is 75.3 Å². The number of hydrogen-bond donors (Lipinski definition) is 2. The fraction of sp³-hybridized carbons (Fsp3) is 0.750. The second kappa shape index (κ2) is 3.74. The van der Waals surface area contributed by atoms with E-state index in [1.807, 2.05) is 0 Å². The van der Waals surface area contributed by atoms with Crippen molar-refractivity contribution in [1.82, 2.24) is 0 Å². The number of ether oxygens (including phenoxy) is 1. The molecule has 0 aromatic rings. The highest BCUT2D eigenvalue weighted by Gasteiger charge is 2.42. The van der Waals surface area contributed by atoms with Gasteiger partial charge >= 0.3 is 11.9 Å². The van der Waals surface area contributed by atoms with E-state index in [0.29, 0.717) is 0 Å². The van der Waals surface area contributed by atoms with E-state index in [1.54, 1.807) is 0 Å². The van der Waals surface area contributed by atoms with E-state index in [0.717, 1.165) is 0 Å². The molecular weight excluding hydrogens is 176 g/mol. The lowest BCUT2D eigenvalue weighted by Gasteiger charge is -2.11. The summed E-state index contributed by atoms with van der Waals surface area (Å²) in [6.07, 6.45) is -0.385. The molecule has 13 heavy (non-hydrogen) atoms. The normalized spacial score (nSPS) is 32.9. The summed E-state index contributed by atoms with van der Waals surface area (Å²) in [6, 6.07) is 0. The van der Waals surface area contributed by atoms with Crippen molar-refractivity contribution in [2.24, 2.45) is 11.8 Å². The van der Waals surface area contributed by atoms with E-state index in [-0.39, 0.29) is 12.8 Å². The maximum absolute atomic E-state index is 11.1. The van der Waals surface area contributed by atoms with Gasteiger partial charge in [0.05, 0.1) is 25.0 Å². The van der Waals surface area contributed by atoms with Crippen molar-refractivity contribution in [1.29, 1.82) is 0 Å². The van der Waals surface area contributed by atoms with Crippen LogP contribution >= 0.6 is 0 Å². The minimum atomic E-state index is -1.05. The highest BCUT2D eigenvalue weighted by atomic mass is 16.5. The van der Waals surface area contributed by atoms with Gasteiger partial charge in [-0.2, -0.15) is 0 Å². The van der Waals surface area contributed by atoms with E-state index in [4.69, 9.17) is 5.11 Å². The van der Waals surface area contributed by atoms with Crippen LogP contribution < -0.4 is 0 Å². The predicted molar refractivity (Wildman–Crippen MR) is 41.9 cm³/mol. The van der Waals surface area contributed by atoms with Crippen molar-refractivity contribution in [3.63, 3.8) is 0 Å². The molecule has 1 rings (SSSR count). The number of hydrogen-bond acceptors (Lipinski definition) is 4. The molecule has 0 bridgehead atoms. The Bertz CT molecular complexity index is 225. The third kappa shape index (κ3) is 1.98. The van der Waals surface area contributed by atoms with Gasteiger partial charge in [-0.05, 0) is 12.8 Å². The summed E-state index contributed by atoms with van der Waals surface area (Å²) >= 11 is 0. The Hall–Kier alpha value is -1.10. The molecule has 0 aromatic heterocycles. The Kier molecular flexibility index (Phi) is 2.87. The molecule has 0 aliphatic heterocycles. The fourth-order valence-corrected chi connectivity index (χ4v) is 1.70. The average Bonchev–Trinajstić information content (AvgIpc) is 2.46. The lowest BCUT2D eigenvalue weighted by atomic mass is 9.97. The van der Waals surface area contributed by atoms with Crippen molar-refractivity contribution in [3.8, 4) is 0 Å². The summed E-state index contributed by atoms with van der Waals surface area (Å²) < 4.78 is 4.45. The fourth-order valence-electron chi connectivity index (χ4n) is 1.70. The predicted octanol–water partition coefficient (Wildman–Crippen LogP) is -0.369. The third-order valence-electron chi connectivity index (χ3n) is 2.36. The van der Waals surface area contributed by atoms with E-state index in [1.165, 1.54) is 7.11 Å². The highest BCUT2D eigenvalue weighted by molar-refractivity contribution is 5.81. The molecule has 1 saturated carbocycles. The first-order valence-electron chi connectivity index (χ1n) is 4.05. The average molecular weight is 188 g/mol. The van der Waals surface area contributed by atoms with Crippen LogP contribution in [0.2, 0.25) is 0 Å². The molecule has 74 valence electrons. The first kappa shape index (κ1) is 9.98. The molecule has 0 radical (unpaired) electrons. The minimum Gasteiger partial charge on any atom is -0.481 e. The van der Waals surface area contributed by atoms with Gasteiger partial charge in [-0.25, -0.2) is 0 Å². The summed E-state index contributed by atoms with van der Waals surface area (Å²) in [4.78, 5) is 21.7. The Morgan fingerprint density at radius 2 is 1.85 bits per heavy atom. The highest BCUT2D eigenvalue weighted by Crippen LogP contribution is 2.32. The number of carboxylic acid groups (broad SMARTS) is 1. The lowest BCUT2D eigenvalue weighted by Crippen LogP contribution is -2.26. The van der Waals surface area contributed by atoms with Gasteiger partial charge in [-0.15, -0.1) is 0 Å². The molecule has 1 fully saturated rings. The maximum Gasteiger partial charge on any atom is 0.309 e. The molecule has 0 amide bonds. The van der Waals surface area contributed by atoms with Gasteiger partial charge in [0.25, 0.3) is 0 Å². The summed E-state index contributed by atoms with van der Waals surface area (Å²) in [5.74, 6) is -3.10. The molecule has 0 unspecified atom stereocenters.